The summed E-state index contributed by atoms with van der Waals surface area (Å²) in [6.07, 6.45) is 21.8. The van der Waals surface area contributed by atoms with E-state index in [1.54, 1.807) is 17.7 Å². The molecule has 0 aliphatic heterocycles. The Balaban J connectivity index is 1.18. The van der Waals surface area contributed by atoms with E-state index < -0.39 is 6.16 Å². The Hall–Kier alpha value is -1.77. The number of hydrogen-bond acceptors (Lipinski definition) is 3. The van der Waals surface area contributed by atoms with Gasteiger partial charge in [-0.15, -0.1) is 0 Å². The molecule has 1 aromatic carbocycles. The summed E-state index contributed by atoms with van der Waals surface area (Å²) in [6.45, 7) is 7.52. The second kappa shape index (κ2) is 11.5. The zero-order valence-electron chi connectivity index (χ0n) is 23.7. The Morgan fingerprint density at radius 1 is 0.919 bits per heavy atom. The van der Waals surface area contributed by atoms with Crippen molar-refractivity contribution in [3.8, 4) is 5.75 Å². The van der Waals surface area contributed by atoms with Crippen LogP contribution in [0.3, 0.4) is 0 Å². The first-order chi connectivity index (χ1) is 17.9. The van der Waals surface area contributed by atoms with Crippen molar-refractivity contribution < 1.29 is 14.3 Å². The highest BCUT2D eigenvalue weighted by Crippen LogP contribution is 2.66. The second-order valence-electron chi connectivity index (χ2n) is 13.3. The van der Waals surface area contributed by atoms with Gasteiger partial charge in [0.15, 0.2) is 0 Å². The molecule has 3 saturated carbocycles. The molecule has 3 nitrogen and oxygen atoms in total. The zero-order valence-corrected chi connectivity index (χ0v) is 23.7. The van der Waals surface area contributed by atoms with E-state index in [0.29, 0.717) is 11.2 Å². The zero-order chi connectivity index (χ0) is 25.9. The van der Waals surface area contributed by atoms with Gasteiger partial charge < -0.3 is 9.47 Å². The number of para-hydroxylation sites is 1. The smallest absolute Gasteiger partial charge is 0.430 e. The number of hydrogen-bond donors (Lipinski definition) is 0. The quantitative estimate of drug-likeness (QED) is 0.145. The minimum atomic E-state index is -0.565. The van der Waals surface area contributed by atoms with Crippen LogP contribution in [0.2, 0.25) is 0 Å². The molecule has 4 aliphatic rings. The summed E-state index contributed by atoms with van der Waals surface area (Å²) in [5.74, 6) is 4.05. The summed E-state index contributed by atoms with van der Waals surface area (Å²) in [4.78, 5) is 12.4. The van der Waals surface area contributed by atoms with Crippen LogP contribution in [0.25, 0.3) is 0 Å². The van der Waals surface area contributed by atoms with Crippen LogP contribution in [0.1, 0.15) is 117 Å². The van der Waals surface area contributed by atoms with Crippen molar-refractivity contribution in [2.45, 2.75) is 123 Å². The van der Waals surface area contributed by atoms with Gasteiger partial charge in [-0.05, 0) is 98.0 Å². The van der Waals surface area contributed by atoms with E-state index in [-0.39, 0.29) is 11.5 Å². The standard InChI is InChI=1S/C34H50O3/c1-4-5-6-7-8-10-13-25-17-19-30-29-18-16-26-24-28(37-32(35)36-27-14-11-9-12-15-27)20-22-34(26,3)31(29)21-23-33(25,30)2/h9,11-12,14-16,25,28-31H,4-8,10,13,17-24H2,1-3H3. The minimum absolute atomic E-state index is 0.0610. The third-order valence-corrected chi connectivity index (χ3v) is 11.4. The number of rotatable bonds is 9. The number of ether oxygens (including phenoxy) is 2. The summed E-state index contributed by atoms with van der Waals surface area (Å²) in [7, 11) is 0. The molecule has 0 amide bonds. The lowest BCUT2D eigenvalue weighted by atomic mass is 9.47. The van der Waals surface area contributed by atoms with Crippen LogP contribution in [0.5, 0.6) is 5.75 Å². The summed E-state index contributed by atoms with van der Waals surface area (Å²) < 4.78 is 11.2. The van der Waals surface area contributed by atoms with Crippen LogP contribution in [0.4, 0.5) is 4.79 Å². The van der Waals surface area contributed by atoms with Crippen molar-refractivity contribution in [1.82, 2.24) is 0 Å². The van der Waals surface area contributed by atoms with Gasteiger partial charge in [0.1, 0.15) is 11.9 Å². The van der Waals surface area contributed by atoms with Crippen molar-refractivity contribution in [3.63, 3.8) is 0 Å². The lowest BCUT2D eigenvalue weighted by molar-refractivity contribution is -0.0538. The minimum Gasteiger partial charge on any atom is -0.430 e. The van der Waals surface area contributed by atoms with Gasteiger partial charge >= 0.3 is 6.16 Å². The summed E-state index contributed by atoms with van der Waals surface area (Å²) in [6, 6.07) is 9.24. The molecule has 4 aliphatic carbocycles. The molecular formula is C34H50O3. The van der Waals surface area contributed by atoms with Crippen molar-refractivity contribution >= 4 is 6.16 Å². The fraction of sp³-hybridized carbons (Fsp3) is 0.735. The lowest BCUT2D eigenvalue weighted by Gasteiger charge is -2.58. The van der Waals surface area contributed by atoms with Crippen LogP contribution in [0.15, 0.2) is 42.0 Å². The van der Waals surface area contributed by atoms with Gasteiger partial charge in [-0.25, -0.2) is 4.79 Å². The van der Waals surface area contributed by atoms with E-state index in [1.807, 2.05) is 18.2 Å². The Morgan fingerprint density at radius 2 is 1.70 bits per heavy atom. The number of benzene rings is 1. The van der Waals surface area contributed by atoms with Crippen LogP contribution < -0.4 is 4.74 Å². The van der Waals surface area contributed by atoms with E-state index in [1.165, 1.54) is 77.0 Å². The lowest BCUT2D eigenvalue weighted by Crippen LogP contribution is -2.50. The maximum atomic E-state index is 12.4. The summed E-state index contributed by atoms with van der Waals surface area (Å²) >= 11 is 0. The maximum Gasteiger partial charge on any atom is 0.514 e. The summed E-state index contributed by atoms with van der Waals surface area (Å²) in [5.41, 5.74) is 2.40. The molecule has 5 rings (SSSR count). The first-order valence-electron chi connectivity index (χ1n) is 15.6. The van der Waals surface area contributed by atoms with E-state index >= 15 is 0 Å². The Kier molecular flexibility index (Phi) is 8.37. The number of carbonyl (C=O) groups is 1. The van der Waals surface area contributed by atoms with E-state index in [0.717, 1.165) is 42.9 Å². The average molecular weight is 507 g/mol. The van der Waals surface area contributed by atoms with Crippen LogP contribution in [0, 0.1) is 34.5 Å². The van der Waals surface area contributed by atoms with Gasteiger partial charge in [-0.3, -0.25) is 0 Å². The SMILES string of the molecule is CCCCCCCCC1CCC2C3CC=C4CC(OC(=O)Oc5ccccc5)CCC4(C)C3CCC12C. The molecule has 3 heteroatoms. The molecule has 0 N–H and O–H groups in total. The van der Waals surface area contributed by atoms with Crippen LogP contribution in [-0.4, -0.2) is 12.3 Å². The van der Waals surface area contributed by atoms with Gasteiger partial charge in [0.2, 0.25) is 0 Å². The van der Waals surface area contributed by atoms with Gasteiger partial charge in [0.25, 0.3) is 0 Å². The molecule has 204 valence electrons. The van der Waals surface area contributed by atoms with Gasteiger partial charge in [-0.2, -0.15) is 0 Å². The molecule has 1 aromatic rings. The normalized spacial score (nSPS) is 36.6. The highest BCUT2D eigenvalue weighted by Gasteiger charge is 2.58. The Labute approximate surface area is 225 Å². The molecule has 37 heavy (non-hydrogen) atoms. The maximum absolute atomic E-state index is 12.4. The van der Waals surface area contributed by atoms with Crippen LogP contribution in [-0.2, 0) is 4.74 Å². The fourth-order valence-electron chi connectivity index (χ4n) is 9.23. The van der Waals surface area contributed by atoms with Crippen molar-refractivity contribution in [3.05, 3.63) is 42.0 Å². The molecule has 3 fully saturated rings. The van der Waals surface area contributed by atoms with Crippen molar-refractivity contribution in [1.29, 1.82) is 0 Å². The molecule has 0 bridgehead atoms. The highest BCUT2D eigenvalue weighted by molar-refractivity contribution is 5.64. The molecule has 7 unspecified atom stereocenters. The van der Waals surface area contributed by atoms with Gasteiger partial charge in [0, 0.05) is 6.42 Å². The molecule has 0 radical (unpaired) electrons. The van der Waals surface area contributed by atoms with E-state index in [9.17, 15) is 4.79 Å². The number of fused-ring (bicyclic) bond motifs is 5. The predicted octanol–water partition coefficient (Wildman–Crippen LogP) is 9.90. The predicted molar refractivity (Wildman–Crippen MR) is 151 cm³/mol. The molecule has 0 spiro atoms. The van der Waals surface area contributed by atoms with Crippen molar-refractivity contribution in [2.24, 2.45) is 34.5 Å². The molecule has 0 aromatic heterocycles. The monoisotopic (exact) mass is 506 g/mol. The Morgan fingerprint density at radius 3 is 2.51 bits per heavy atom. The third kappa shape index (κ3) is 5.52. The second-order valence-corrected chi connectivity index (χ2v) is 13.3. The molecular weight excluding hydrogens is 456 g/mol. The average Bonchev–Trinajstić information content (AvgIpc) is 3.23. The fourth-order valence-corrected chi connectivity index (χ4v) is 9.23. The molecule has 7 atom stereocenters. The number of unbranched alkanes of at least 4 members (excludes halogenated alkanes) is 5. The number of allylic oxidation sites excluding steroid dienone is 1. The molecule has 0 saturated heterocycles. The first-order valence-corrected chi connectivity index (χ1v) is 15.6. The topological polar surface area (TPSA) is 35.5 Å². The third-order valence-electron chi connectivity index (χ3n) is 11.4. The number of carbonyl (C=O) groups excluding carboxylic acids is 1. The van der Waals surface area contributed by atoms with Crippen molar-refractivity contribution in [2.75, 3.05) is 0 Å². The highest BCUT2D eigenvalue weighted by atomic mass is 16.7. The Bertz CT molecular complexity index is 938. The van der Waals surface area contributed by atoms with Crippen LogP contribution >= 0.6 is 0 Å². The molecule has 0 heterocycles. The van der Waals surface area contributed by atoms with Gasteiger partial charge in [0.05, 0.1) is 0 Å². The first kappa shape index (κ1) is 26.8. The summed E-state index contributed by atoms with van der Waals surface area (Å²) in [5, 5.41) is 0. The largest absolute Gasteiger partial charge is 0.514 e. The van der Waals surface area contributed by atoms with Gasteiger partial charge in [-0.1, -0.05) is 89.1 Å². The van der Waals surface area contributed by atoms with E-state index in [2.05, 4.69) is 26.8 Å². The van der Waals surface area contributed by atoms with E-state index in [4.69, 9.17) is 9.47 Å².